The predicted octanol–water partition coefficient (Wildman–Crippen LogP) is 3.37. The van der Waals surface area contributed by atoms with Crippen LogP contribution in [0.5, 0.6) is 0 Å². The zero-order valence-corrected chi connectivity index (χ0v) is 10.7. The SMILES string of the molecule is CC1CCCC1NC(C)C1CC2C=CC1C2. The highest BCUT2D eigenvalue weighted by Crippen LogP contribution is 2.45. The van der Waals surface area contributed by atoms with Crippen molar-refractivity contribution in [2.24, 2.45) is 23.7 Å². The van der Waals surface area contributed by atoms with Gasteiger partial charge in [-0.25, -0.2) is 0 Å². The maximum Gasteiger partial charge on any atom is 0.00952 e. The number of rotatable bonds is 3. The Morgan fingerprint density at radius 1 is 1.19 bits per heavy atom. The molecule has 6 atom stereocenters. The molecule has 0 aromatic heterocycles. The Morgan fingerprint density at radius 3 is 2.62 bits per heavy atom. The third-order valence-electron chi connectivity index (χ3n) is 5.31. The molecule has 2 saturated carbocycles. The summed E-state index contributed by atoms with van der Waals surface area (Å²) in [5.74, 6) is 3.63. The van der Waals surface area contributed by atoms with Crippen molar-refractivity contribution in [1.29, 1.82) is 0 Å². The molecule has 0 aromatic rings. The lowest BCUT2D eigenvalue weighted by molar-refractivity contribution is 0.280. The molecule has 90 valence electrons. The standard InChI is InChI=1S/C15H25N/c1-10-4-3-5-15(10)16-11(2)14-9-12-6-7-13(14)8-12/h6-7,10-16H,3-5,8-9H2,1-2H3. The van der Waals surface area contributed by atoms with Crippen molar-refractivity contribution in [3.05, 3.63) is 12.2 Å². The summed E-state index contributed by atoms with van der Waals surface area (Å²) in [6.45, 7) is 4.84. The monoisotopic (exact) mass is 219 g/mol. The lowest BCUT2D eigenvalue weighted by Gasteiger charge is -2.30. The number of nitrogens with one attached hydrogen (secondary N) is 1. The maximum absolute atomic E-state index is 3.92. The highest BCUT2D eigenvalue weighted by molar-refractivity contribution is 5.11. The number of hydrogen-bond donors (Lipinski definition) is 1. The van der Waals surface area contributed by atoms with E-state index in [2.05, 4.69) is 31.3 Å². The van der Waals surface area contributed by atoms with Crippen molar-refractivity contribution in [3.8, 4) is 0 Å². The fraction of sp³-hybridized carbons (Fsp3) is 0.867. The van der Waals surface area contributed by atoms with Gasteiger partial charge in [0.2, 0.25) is 0 Å². The second kappa shape index (κ2) is 4.18. The summed E-state index contributed by atoms with van der Waals surface area (Å²) in [5, 5.41) is 3.92. The van der Waals surface area contributed by atoms with E-state index in [0.29, 0.717) is 0 Å². The summed E-state index contributed by atoms with van der Waals surface area (Å²) < 4.78 is 0. The van der Waals surface area contributed by atoms with Gasteiger partial charge < -0.3 is 5.32 Å². The third-order valence-corrected chi connectivity index (χ3v) is 5.31. The zero-order chi connectivity index (χ0) is 11.1. The molecule has 0 heterocycles. The first-order valence-corrected chi connectivity index (χ1v) is 7.18. The highest BCUT2D eigenvalue weighted by atomic mass is 15.0. The Bertz CT molecular complexity index is 283. The van der Waals surface area contributed by atoms with Crippen molar-refractivity contribution in [3.63, 3.8) is 0 Å². The molecular weight excluding hydrogens is 194 g/mol. The molecule has 6 unspecified atom stereocenters. The van der Waals surface area contributed by atoms with Gasteiger partial charge in [-0.15, -0.1) is 0 Å². The van der Waals surface area contributed by atoms with Crippen LogP contribution in [0.15, 0.2) is 12.2 Å². The number of fused-ring (bicyclic) bond motifs is 2. The van der Waals surface area contributed by atoms with Crippen LogP contribution in [0.2, 0.25) is 0 Å². The summed E-state index contributed by atoms with van der Waals surface area (Å²) in [4.78, 5) is 0. The topological polar surface area (TPSA) is 12.0 Å². The first-order chi connectivity index (χ1) is 7.74. The lowest BCUT2D eigenvalue weighted by Crippen LogP contribution is -2.43. The molecule has 0 amide bonds. The van der Waals surface area contributed by atoms with Crippen molar-refractivity contribution in [2.75, 3.05) is 0 Å². The van der Waals surface area contributed by atoms with Gasteiger partial charge in [0, 0.05) is 12.1 Å². The summed E-state index contributed by atoms with van der Waals surface area (Å²) in [6.07, 6.45) is 12.1. The quantitative estimate of drug-likeness (QED) is 0.718. The van der Waals surface area contributed by atoms with Crippen molar-refractivity contribution >= 4 is 0 Å². The molecule has 0 radical (unpaired) electrons. The van der Waals surface area contributed by atoms with Crippen LogP contribution in [0.3, 0.4) is 0 Å². The van der Waals surface area contributed by atoms with Gasteiger partial charge in [-0.1, -0.05) is 25.5 Å². The van der Waals surface area contributed by atoms with Gasteiger partial charge in [0.1, 0.15) is 0 Å². The minimum atomic E-state index is 0.727. The van der Waals surface area contributed by atoms with Gasteiger partial charge in [-0.2, -0.15) is 0 Å². The van der Waals surface area contributed by atoms with Gasteiger partial charge >= 0.3 is 0 Å². The second-order valence-electron chi connectivity index (χ2n) is 6.41. The maximum atomic E-state index is 3.92. The average Bonchev–Trinajstić information content (AvgIpc) is 2.95. The summed E-state index contributed by atoms with van der Waals surface area (Å²) in [5.41, 5.74) is 0. The molecule has 2 fully saturated rings. The molecule has 1 nitrogen and oxygen atoms in total. The van der Waals surface area contributed by atoms with E-state index in [1.165, 1.54) is 32.1 Å². The van der Waals surface area contributed by atoms with E-state index in [4.69, 9.17) is 0 Å². The zero-order valence-electron chi connectivity index (χ0n) is 10.7. The van der Waals surface area contributed by atoms with Crippen molar-refractivity contribution in [1.82, 2.24) is 5.32 Å². The van der Waals surface area contributed by atoms with Crippen LogP contribution in [0.1, 0.15) is 46.0 Å². The van der Waals surface area contributed by atoms with Gasteiger partial charge in [-0.05, 0) is 56.3 Å². The van der Waals surface area contributed by atoms with E-state index in [1.807, 2.05) is 0 Å². The van der Waals surface area contributed by atoms with E-state index >= 15 is 0 Å². The normalized spacial score (nSPS) is 47.8. The van der Waals surface area contributed by atoms with Crippen LogP contribution < -0.4 is 5.32 Å². The largest absolute Gasteiger partial charge is 0.311 e. The van der Waals surface area contributed by atoms with E-state index < -0.39 is 0 Å². The smallest absolute Gasteiger partial charge is 0.00952 e. The van der Waals surface area contributed by atoms with Crippen molar-refractivity contribution < 1.29 is 0 Å². The molecule has 1 N–H and O–H groups in total. The van der Waals surface area contributed by atoms with E-state index in [9.17, 15) is 0 Å². The molecule has 0 spiro atoms. The summed E-state index contributed by atoms with van der Waals surface area (Å²) >= 11 is 0. The number of allylic oxidation sites excluding steroid dienone is 2. The molecule has 3 rings (SSSR count). The second-order valence-corrected chi connectivity index (χ2v) is 6.41. The van der Waals surface area contributed by atoms with Crippen molar-refractivity contribution in [2.45, 2.75) is 58.0 Å². The van der Waals surface area contributed by atoms with Crippen LogP contribution in [-0.4, -0.2) is 12.1 Å². The minimum absolute atomic E-state index is 0.727. The molecule has 3 aliphatic carbocycles. The Kier molecular flexibility index (Phi) is 2.83. The molecule has 16 heavy (non-hydrogen) atoms. The van der Waals surface area contributed by atoms with Gasteiger partial charge in [0.15, 0.2) is 0 Å². The third kappa shape index (κ3) is 1.84. The Balaban J connectivity index is 1.57. The summed E-state index contributed by atoms with van der Waals surface area (Å²) in [6, 6.07) is 1.53. The highest BCUT2D eigenvalue weighted by Gasteiger charge is 2.39. The Hall–Kier alpha value is -0.300. The van der Waals surface area contributed by atoms with Crippen LogP contribution >= 0.6 is 0 Å². The fourth-order valence-electron chi connectivity index (χ4n) is 4.25. The van der Waals surface area contributed by atoms with Crippen LogP contribution in [0.25, 0.3) is 0 Å². The van der Waals surface area contributed by atoms with Crippen LogP contribution in [0.4, 0.5) is 0 Å². The molecule has 0 aliphatic heterocycles. The van der Waals surface area contributed by atoms with Gasteiger partial charge in [-0.3, -0.25) is 0 Å². The van der Waals surface area contributed by atoms with Crippen LogP contribution in [-0.2, 0) is 0 Å². The predicted molar refractivity (Wildman–Crippen MR) is 68.2 cm³/mol. The molecule has 2 bridgehead atoms. The first-order valence-electron chi connectivity index (χ1n) is 7.18. The molecule has 0 saturated heterocycles. The lowest BCUT2D eigenvalue weighted by atomic mass is 9.87. The van der Waals surface area contributed by atoms with Gasteiger partial charge in [0.25, 0.3) is 0 Å². The van der Waals surface area contributed by atoms with Crippen LogP contribution in [0, 0.1) is 23.7 Å². The average molecular weight is 219 g/mol. The molecular formula is C15H25N. The molecule has 0 aromatic carbocycles. The van der Waals surface area contributed by atoms with E-state index in [1.54, 1.807) is 0 Å². The molecule has 1 heteroatoms. The molecule has 3 aliphatic rings. The van der Waals surface area contributed by atoms with Gasteiger partial charge in [0.05, 0.1) is 0 Å². The number of hydrogen-bond acceptors (Lipinski definition) is 1. The summed E-state index contributed by atoms with van der Waals surface area (Å²) in [7, 11) is 0. The Morgan fingerprint density at radius 2 is 2.06 bits per heavy atom. The Labute approximate surface area is 99.7 Å². The van der Waals surface area contributed by atoms with E-state index in [-0.39, 0.29) is 0 Å². The first kappa shape index (κ1) is 10.8. The fourth-order valence-corrected chi connectivity index (χ4v) is 4.25. The minimum Gasteiger partial charge on any atom is -0.311 e. The van der Waals surface area contributed by atoms with E-state index in [0.717, 1.165) is 35.8 Å².